The van der Waals surface area contributed by atoms with Crippen LogP contribution in [-0.4, -0.2) is 39.6 Å². The van der Waals surface area contributed by atoms with Crippen LogP contribution in [0.3, 0.4) is 0 Å². The van der Waals surface area contributed by atoms with Gasteiger partial charge >= 0.3 is 0 Å². The van der Waals surface area contributed by atoms with Crippen LogP contribution in [0.5, 0.6) is 0 Å². The summed E-state index contributed by atoms with van der Waals surface area (Å²) in [4.78, 5) is 21.5. The Morgan fingerprint density at radius 2 is 2.08 bits per heavy atom. The molecule has 0 aliphatic heterocycles. The van der Waals surface area contributed by atoms with Gasteiger partial charge in [0.15, 0.2) is 0 Å². The molecule has 24 heavy (non-hydrogen) atoms. The van der Waals surface area contributed by atoms with Crippen molar-refractivity contribution in [3.05, 3.63) is 42.4 Å². The number of ether oxygens (including phenoxy) is 1. The molecule has 0 bridgehead atoms. The van der Waals surface area contributed by atoms with E-state index in [1.54, 1.807) is 23.6 Å². The second kappa shape index (κ2) is 6.63. The van der Waals surface area contributed by atoms with Crippen molar-refractivity contribution in [2.24, 2.45) is 0 Å². The lowest BCUT2D eigenvalue weighted by molar-refractivity contribution is -0.116. The van der Waals surface area contributed by atoms with E-state index in [-0.39, 0.29) is 5.91 Å². The number of methoxy groups -OCH3 is 1. The van der Waals surface area contributed by atoms with Crippen molar-refractivity contribution in [2.75, 3.05) is 24.4 Å². The summed E-state index contributed by atoms with van der Waals surface area (Å²) < 4.78 is 6.76. The number of amides is 1. The Bertz CT molecular complexity index is 859. The number of benzene rings is 1. The fraction of sp³-hybridized carbons (Fsp3) is 0.250. The zero-order chi connectivity index (χ0) is 17.1. The van der Waals surface area contributed by atoms with Crippen LogP contribution in [0.25, 0.3) is 5.78 Å². The van der Waals surface area contributed by atoms with E-state index in [2.05, 4.69) is 20.4 Å². The van der Waals surface area contributed by atoms with Crippen molar-refractivity contribution in [2.45, 2.75) is 13.5 Å². The molecule has 0 aliphatic carbocycles. The van der Waals surface area contributed by atoms with Crippen LogP contribution in [0.2, 0.25) is 0 Å². The Morgan fingerprint density at radius 1 is 1.33 bits per heavy atom. The molecule has 0 spiro atoms. The molecule has 3 aromatic rings. The smallest absolute Gasteiger partial charge is 0.254 e. The summed E-state index contributed by atoms with van der Waals surface area (Å²) in [6.07, 6.45) is 1.45. The predicted octanol–water partition coefficient (Wildman–Crippen LogP) is 2.00. The third kappa shape index (κ3) is 3.18. The van der Waals surface area contributed by atoms with Gasteiger partial charge in [-0.1, -0.05) is 0 Å². The lowest BCUT2D eigenvalue weighted by atomic mass is 10.2. The first-order valence-electron chi connectivity index (χ1n) is 7.38. The fourth-order valence-electron chi connectivity index (χ4n) is 2.27. The highest BCUT2D eigenvalue weighted by atomic mass is 16.5. The topological polar surface area (TPSA) is 84.7 Å². The van der Waals surface area contributed by atoms with Crippen LogP contribution in [0.4, 0.5) is 17.2 Å². The summed E-state index contributed by atoms with van der Waals surface area (Å²) in [5.74, 6) is 1.22. The van der Waals surface area contributed by atoms with Gasteiger partial charge in [0.25, 0.3) is 5.78 Å². The molecule has 1 N–H and O–H groups in total. The third-order valence-electron chi connectivity index (χ3n) is 3.60. The maximum absolute atomic E-state index is 11.4. The summed E-state index contributed by atoms with van der Waals surface area (Å²) in [5, 5.41) is 7.46. The summed E-state index contributed by atoms with van der Waals surface area (Å²) in [6.45, 7) is 1.92. The molecular weight excluding hydrogens is 308 g/mol. The molecule has 8 nitrogen and oxygen atoms in total. The van der Waals surface area contributed by atoms with Crippen molar-refractivity contribution >= 4 is 28.9 Å². The molecule has 0 atom stereocenters. The van der Waals surface area contributed by atoms with E-state index in [0.29, 0.717) is 12.4 Å². The highest BCUT2D eigenvalue weighted by Crippen LogP contribution is 2.21. The first kappa shape index (κ1) is 15.9. The molecule has 1 aromatic carbocycles. The van der Waals surface area contributed by atoms with Crippen molar-refractivity contribution in [3.8, 4) is 0 Å². The van der Waals surface area contributed by atoms with E-state index in [9.17, 15) is 4.79 Å². The summed E-state index contributed by atoms with van der Waals surface area (Å²) in [7, 11) is 3.36. The maximum atomic E-state index is 11.4. The normalized spacial score (nSPS) is 10.8. The largest absolute Gasteiger partial charge is 0.378 e. The number of fused-ring (bicyclic) bond motifs is 1. The minimum atomic E-state index is -0.0154. The molecule has 3 rings (SSSR count). The zero-order valence-corrected chi connectivity index (χ0v) is 13.7. The average molecular weight is 326 g/mol. The molecule has 124 valence electrons. The van der Waals surface area contributed by atoms with Crippen molar-refractivity contribution < 1.29 is 9.53 Å². The van der Waals surface area contributed by atoms with Crippen LogP contribution in [0, 0.1) is 0 Å². The van der Waals surface area contributed by atoms with Gasteiger partial charge in [-0.15, -0.1) is 0 Å². The maximum Gasteiger partial charge on any atom is 0.254 e. The van der Waals surface area contributed by atoms with Crippen LogP contribution >= 0.6 is 0 Å². The summed E-state index contributed by atoms with van der Waals surface area (Å²) >= 11 is 0. The van der Waals surface area contributed by atoms with Gasteiger partial charge in [-0.2, -0.15) is 14.6 Å². The van der Waals surface area contributed by atoms with Gasteiger partial charge in [-0.25, -0.2) is 4.98 Å². The van der Waals surface area contributed by atoms with Crippen molar-refractivity contribution in [1.82, 2.24) is 19.6 Å². The Morgan fingerprint density at radius 3 is 2.75 bits per heavy atom. The van der Waals surface area contributed by atoms with E-state index < -0.39 is 0 Å². The molecule has 8 heteroatoms. The minimum Gasteiger partial charge on any atom is -0.378 e. The van der Waals surface area contributed by atoms with Gasteiger partial charge < -0.3 is 15.0 Å². The molecular formula is C16H18N6O2. The number of carbonyl (C=O) groups excluding carboxylic acids is 1. The molecule has 0 fully saturated rings. The number of hydrogen-bond acceptors (Lipinski definition) is 6. The Hall–Kier alpha value is -3.00. The van der Waals surface area contributed by atoms with Gasteiger partial charge in [0.2, 0.25) is 5.91 Å². The van der Waals surface area contributed by atoms with E-state index in [0.717, 1.165) is 22.9 Å². The Labute approximate surface area is 139 Å². The number of nitrogens with zero attached hydrogens (tertiary/aromatic N) is 5. The highest BCUT2D eigenvalue weighted by molar-refractivity contribution is 5.91. The SMILES string of the molecule is COCc1cc(Nc2ccc(N(C)C(C)=O)cc2)n2ncnc2n1. The zero-order valence-electron chi connectivity index (χ0n) is 13.7. The average Bonchev–Trinajstić information content (AvgIpc) is 3.04. The van der Waals surface area contributed by atoms with Crippen molar-refractivity contribution in [1.29, 1.82) is 0 Å². The van der Waals surface area contributed by atoms with E-state index in [4.69, 9.17) is 4.74 Å². The Balaban J connectivity index is 1.89. The number of anilines is 3. The molecule has 0 saturated heterocycles. The van der Waals surface area contributed by atoms with E-state index in [1.807, 2.05) is 30.3 Å². The first-order valence-corrected chi connectivity index (χ1v) is 7.38. The summed E-state index contributed by atoms with van der Waals surface area (Å²) in [6, 6.07) is 9.40. The van der Waals surface area contributed by atoms with Gasteiger partial charge in [-0.05, 0) is 24.3 Å². The molecule has 2 aromatic heterocycles. The van der Waals surface area contributed by atoms with Crippen LogP contribution in [0.1, 0.15) is 12.6 Å². The minimum absolute atomic E-state index is 0.0154. The second-order valence-electron chi connectivity index (χ2n) is 5.29. The van der Waals surface area contributed by atoms with Crippen LogP contribution in [-0.2, 0) is 16.1 Å². The molecule has 0 saturated carbocycles. The molecule has 2 heterocycles. The molecule has 0 radical (unpaired) electrons. The number of nitrogens with one attached hydrogen (secondary N) is 1. The van der Waals surface area contributed by atoms with E-state index in [1.165, 1.54) is 13.3 Å². The van der Waals surface area contributed by atoms with E-state index >= 15 is 0 Å². The number of hydrogen-bond donors (Lipinski definition) is 1. The number of rotatable bonds is 5. The molecule has 1 amide bonds. The third-order valence-corrected chi connectivity index (χ3v) is 3.60. The molecule has 0 unspecified atom stereocenters. The standard InChI is InChI=1S/C16H18N6O2/c1-11(23)21(2)14-6-4-12(5-7-14)19-15-8-13(9-24-3)20-16-17-10-18-22(15)16/h4-8,10,19H,9H2,1-3H3. The summed E-state index contributed by atoms with van der Waals surface area (Å²) in [5.41, 5.74) is 2.45. The van der Waals surface area contributed by atoms with Crippen LogP contribution < -0.4 is 10.2 Å². The fourth-order valence-corrected chi connectivity index (χ4v) is 2.27. The quantitative estimate of drug-likeness (QED) is 0.772. The first-order chi connectivity index (χ1) is 11.6. The predicted molar refractivity (Wildman–Crippen MR) is 90.3 cm³/mol. The lowest BCUT2D eigenvalue weighted by Gasteiger charge is -2.16. The van der Waals surface area contributed by atoms with Crippen LogP contribution in [0.15, 0.2) is 36.7 Å². The van der Waals surface area contributed by atoms with Gasteiger partial charge in [0.05, 0.1) is 12.3 Å². The monoisotopic (exact) mass is 326 g/mol. The van der Waals surface area contributed by atoms with Gasteiger partial charge in [0, 0.05) is 38.5 Å². The lowest BCUT2D eigenvalue weighted by Crippen LogP contribution is -2.22. The number of carbonyl (C=O) groups is 1. The Kier molecular flexibility index (Phi) is 4.39. The second-order valence-corrected chi connectivity index (χ2v) is 5.29. The van der Waals surface area contributed by atoms with Crippen molar-refractivity contribution in [3.63, 3.8) is 0 Å². The van der Waals surface area contributed by atoms with Gasteiger partial charge in [-0.3, -0.25) is 4.79 Å². The van der Waals surface area contributed by atoms with Gasteiger partial charge in [0.1, 0.15) is 12.1 Å². The number of aromatic nitrogens is 4. The highest BCUT2D eigenvalue weighted by Gasteiger charge is 2.09. The molecule has 0 aliphatic rings.